The highest BCUT2D eigenvalue weighted by molar-refractivity contribution is 5.83. The zero-order valence-corrected chi connectivity index (χ0v) is 9.55. The van der Waals surface area contributed by atoms with E-state index in [4.69, 9.17) is 10.2 Å². The van der Waals surface area contributed by atoms with Crippen LogP contribution in [0.4, 0.5) is 0 Å². The van der Waals surface area contributed by atoms with Gasteiger partial charge < -0.3 is 20.4 Å². The first kappa shape index (κ1) is 13.4. The maximum atomic E-state index is 11.6. The number of carbonyl (C=O) groups excluding carboxylic acids is 1. The van der Waals surface area contributed by atoms with Crippen molar-refractivity contribution >= 4 is 17.8 Å². The van der Waals surface area contributed by atoms with E-state index < -0.39 is 23.8 Å². The van der Waals surface area contributed by atoms with Gasteiger partial charge in [0, 0.05) is 13.1 Å². The van der Waals surface area contributed by atoms with Crippen LogP contribution in [0.25, 0.3) is 0 Å². The largest absolute Gasteiger partial charge is 0.481 e. The molecule has 0 saturated carbocycles. The SMILES string of the molecule is CNCC(=O)N1CCC(C(=O)O)C(C(=O)O)C1. The molecule has 0 aromatic carbocycles. The number of hydrogen-bond donors (Lipinski definition) is 3. The second-order valence-corrected chi connectivity index (χ2v) is 4.05. The molecule has 2 unspecified atom stereocenters. The summed E-state index contributed by atoms with van der Waals surface area (Å²) >= 11 is 0. The number of carboxylic acids is 2. The Kier molecular flexibility index (Phi) is 4.45. The fraction of sp³-hybridized carbons (Fsp3) is 0.700. The molecule has 1 rings (SSSR count). The third kappa shape index (κ3) is 3.16. The van der Waals surface area contributed by atoms with Gasteiger partial charge in [-0.15, -0.1) is 0 Å². The molecule has 17 heavy (non-hydrogen) atoms. The number of likely N-dealkylation sites (tertiary alicyclic amines) is 1. The molecule has 96 valence electrons. The van der Waals surface area contributed by atoms with E-state index in [1.54, 1.807) is 7.05 Å². The topological polar surface area (TPSA) is 107 Å². The van der Waals surface area contributed by atoms with Gasteiger partial charge in [0.1, 0.15) is 0 Å². The molecular weight excluding hydrogens is 228 g/mol. The quantitative estimate of drug-likeness (QED) is 0.576. The summed E-state index contributed by atoms with van der Waals surface area (Å²) in [5.74, 6) is -4.42. The summed E-state index contributed by atoms with van der Waals surface area (Å²) in [6, 6.07) is 0. The number of nitrogens with zero attached hydrogens (tertiary/aromatic N) is 1. The molecule has 3 N–H and O–H groups in total. The summed E-state index contributed by atoms with van der Waals surface area (Å²) < 4.78 is 0. The van der Waals surface area contributed by atoms with Crippen molar-refractivity contribution in [3.8, 4) is 0 Å². The molecule has 0 radical (unpaired) electrons. The standard InChI is InChI=1S/C10H16N2O5/c1-11-4-8(13)12-3-2-6(9(14)15)7(5-12)10(16)17/h6-7,11H,2-5H2,1H3,(H,14,15)(H,16,17). The maximum Gasteiger partial charge on any atom is 0.309 e. The van der Waals surface area contributed by atoms with E-state index in [2.05, 4.69) is 5.32 Å². The van der Waals surface area contributed by atoms with Crippen molar-refractivity contribution in [3.05, 3.63) is 0 Å². The van der Waals surface area contributed by atoms with Gasteiger partial charge in [-0.05, 0) is 13.5 Å². The number of hydrogen-bond acceptors (Lipinski definition) is 4. The lowest BCUT2D eigenvalue weighted by Crippen LogP contribution is -2.50. The average molecular weight is 244 g/mol. The Bertz CT molecular complexity index is 331. The fourth-order valence-corrected chi connectivity index (χ4v) is 1.99. The summed E-state index contributed by atoms with van der Waals surface area (Å²) in [5.41, 5.74) is 0. The van der Waals surface area contributed by atoms with Crippen LogP contribution in [-0.2, 0) is 14.4 Å². The molecule has 0 spiro atoms. The molecule has 1 aliphatic rings. The van der Waals surface area contributed by atoms with Crippen molar-refractivity contribution in [2.75, 3.05) is 26.7 Å². The van der Waals surface area contributed by atoms with Crippen molar-refractivity contribution < 1.29 is 24.6 Å². The van der Waals surface area contributed by atoms with Gasteiger partial charge >= 0.3 is 11.9 Å². The van der Waals surface area contributed by atoms with E-state index in [9.17, 15) is 14.4 Å². The molecule has 0 bridgehead atoms. The predicted octanol–water partition coefficient (Wildman–Crippen LogP) is -1.16. The van der Waals surface area contributed by atoms with E-state index in [0.29, 0.717) is 6.54 Å². The van der Waals surface area contributed by atoms with Crippen LogP contribution in [0.15, 0.2) is 0 Å². The van der Waals surface area contributed by atoms with Gasteiger partial charge in [0.2, 0.25) is 5.91 Å². The molecule has 1 saturated heterocycles. The third-order valence-electron chi connectivity index (χ3n) is 2.93. The lowest BCUT2D eigenvalue weighted by Gasteiger charge is -2.34. The highest BCUT2D eigenvalue weighted by Gasteiger charge is 2.39. The number of likely N-dealkylation sites (N-methyl/N-ethyl adjacent to an activating group) is 1. The number of nitrogens with one attached hydrogen (secondary N) is 1. The van der Waals surface area contributed by atoms with Crippen LogP contribution >= 0.6 is 0 Å². The van der Waals surface area contributed by atoms with E-state index in [-0.39, 0.29) is 25.4 Å². The average Bonchev–Trinajstić information content (AvgIpc) is 2.28. The van der Waals surface area contributed by atoms with Crippen molar-refractivity contribution in [3.63, 3.8) is 0 Å². The van der Waals surface area contributed by atoms with E-state index in [1.807, 2.05) is 0 Å². The van der Waals surface area contributed by atoms with Crippen LogP contribution in [0.1, 0.15) is 6.42 Å². The van der Waals surface area contributed by atoms with Gasteiger partial charge in [0.15, 0.2) is 0 Å². The van der Waals surface area contributed by atoms with Crippen LogP contribution in [0.2, 0.25) is 0 Å². The van der Waals surface area contributed by atoms with Crippen molar-refractivity contribution in [1.82, 2.24) is 10.2 Å². The first-order chi connectivity index (χ1) is 7.97. The van der Waals surface area contributed by atoms with Gasteiger partial charge in [-0.25, -0.2) is 0 Å². The molecule has 1 aliphatic heterocycles. The van der Waals surface area contributed by atoms with Crippen molar-refractivity contribution in [2.24, 2.45) is 11.8 Å². The lowest BCUT2D eigenvalue weighted by molar-refractivity contribution is -0.159. The Morgan fingerprint density at radius 1 is 1.24 bits per heavy atom. The molecule has 0 aliphatic carbocycles. The Balaban J connectivity index is 2.72. The van der Waals surface area contributed by atoms with Crippen LogP contribution < -0.4 is 5.32 Å². The first-order valence-corrected chi connectivity index (χ1v) is 5.35. The monoisotopic (exact) mass is 244 g/mol. The van der Waals surface area contributed by atoms with Gasteiger partial charge in [0.05, 0.1) is 18.4 Å². The molecular formula is C10H16N2O5. The molecule has 0 aromatic heterocycles. The number of rotatable bonds is 4. The fourth-order valence-electron chi connectivity index (χ4n) is 1.99. The van der Waals surface area contributed by atoms with Crippen LogP contribution in [-0.4, -0.2) is 59.6 Å². The van der Waals surface area contributed by atoms with E-state index in [0.717, 1.165) is 0 Å². The highest BCUT2D eigenvalue weighted by atomic mass is 16.4. The van der Waals surface area contributed by atoms with Crippen LogP contribution in [0.5, 0.6) is 0 Å². The Morgan fingerprint density at radius 2 is 1.82 bits per heavy atom. The van der Waals surface area contributed by atoms with Gasteiger partial charge in [-0.2, -0.15) is 0 Å². The van der Waals surface area contributed by atoms with Gasteiger partial charge in [0.25, 0.3) is 0 Å². The molecule has 1 fully saturated rings. The van der Waals surface area contributed by atoms with Gasteiger partial charge in [-0.1, -0.05) is 0 Å². The summed E-state index contributed by atoms with van der Waals surface area (Å²) in [5, 5.41) is 20.6. The van der Waals surface area contributed by atoms with Gasteiger partial charge in [-0.3, -0.25) is 14.4 Å². The highest BCUT2D eigenvalue weighted by Crippen LogP contribution is 2.24. The smallest absolute Gasteiger partial charge is 0.309 e. The third-order valence-corrected chi connectivity index (χ3v) is 2.93. The number of amides is 1. The zero-order valence-electron chi connectivity index (χ0n) is 9.55. The number of aliphatic carboxylic acids is 2. The minimum absolute atomic E-state index is 0.0349. The summed E-state index contributed by atoms with van der Waals surface area (Å²) in [7, 11) is 1.62. The molecule has 7 nitrogen and oxygen atoms in total. The Hall–Kier alpha value is -1.63. The second kappa shape index (κ2) is 5.62. The summed E-state index contributed by atoms with van der Waals surface area (Å²) in [4.78, 5) is 34.8. The zero-order chi connectivity index (χ0) is 13.0. The molecule has 1 heterocycles. The van der Waals surface area contributed by atoms with E-state index >= 15 is 0 Å². The predicted molar refractivity (Wildman–Crippen MR) is 57.4 cm³/mol. The summed E-state index contributed by atoms with van der Waals surface area (Å²) in [6.07, 6.45) is 0.182. The minimum Gasteiger partial charge on any atom is -0.481 e. The number of carbonyl (C=O) groups is 3. The molecule has 2 atom stereocenters. The minimum atomic E-state index is -1.17. The van der Waals surface area contributed by atoms with Crippen molar-refractivity contribution in [1.29, 1.82) is 0 Å². The number of piperidine rings is 1. The Labute approximate surface area is 98.4 Å². The summed E-state index contributed by atoms with van der Waals surface area (Å²) in [6.45, 7) is 0.387. The van der Waals surface area contributed by atoms with Crippen LogP contribution in [0, 0.1) is 11.8 Å². The molecule has 1 amide bonds. The first-order valence-electron chi connectivity index (χ1n) is 5.35. The lowest BCUT2D eigenvalue weighted by atomic mass is 9.85. The Morgan fingerprint density at radius 3 is 2.29 bits per heavy atom. The van der Waals surface area contributed by atoms with Crippen molar-refractivity contribution in [2.45, 2.75) is 6.42 Å². The molecule has 0 aromatic rings. The number of carboxylic acid groups (broad SMARTS) is 2. The molecule has 7 heteroatoms. The van der Waals surface area contributed by atoms with Crippen LogP contribution in [0.3, 0.4) is 0 Å². The second-order valence-electron chi connectivity index (χ2n) is 4.05. The normalized spacial score (nSPS) is 24.4. The maximum absolute atomic E-state index is 11.6. The van der Waals surface area contributed by atoms with E-state index in [1.165, 1.54) is 4.90 Å².